The highest BCUT2D eigenvalue weighted by Crippen LogP contribution is 2.21. The summed E-state index contributed by atoms with van der Waals surface area (Å²) < 4.78 is 0. The molecule has 3 rings (SSSR count). The smallest absolute Gasteiger partial charge is 0.321 e. The number of carbonyl (C=O) groups is 2. The van der Waals surface area contributed by atoms with Gasteiger partial charge in [-0.2, -0.15) is 0 Å². The molecule has 0 atom stereocenters. The van der Waals surface area contributed by atoms with Gasteiger partial charge in [0, 0.05) is 18.8 Å². The van der Waals surface area contributed by atoms with Gasteiger partial charge in [0.25, 0.3) is 0 Å². The van der Waals surface area contributed by atoms with E-state index in [1.165, 1.54) is 4.90 Å². The van der Waals surface area contributed by atoms with Crippen molar-refractivity contribution in [1.82, 2.24) is 4.90 Å². The number of benzene rings is 2. The molecule has 102 valence electrons. The molecule has 20 heavy (non-hydrogen) atoms. The molecule has 1 aliphatic heterocycles. The first kappa shape index (κ1) is 12.5. The van der Waals surface area contributed by atoms with Crippen LogP contribution in [0.1, 0.15) is 0 Å². The van der Waals surface area contributed by atoms with Crippen molar-refractivity contribution in [1.29, 1.82) is 0 Å². The predicted octanol–water partition coefficient (Wildman–Crippen LogP) is 2.39. The Bertz CT molecular complexity index is 678. The molecule has 1 heterocycles. The number of carbonyl (C=O) groups excluding carboxylic acids is 1. The Morgan fingerprint density at radius 1 is 1.10 bits per heavy atom. The van der Waals surface area contributed by atoms with E-state index in [0.717, 1.165) is 10.8 Å². The molecular weight excluding hydrogens is 256 g/mol. The second kappa shape index (κ2) is 4.85. The summed E-state index contributed by atoms with van der Waals surface area (Å²) in [6, 6.07) is 13.3. The Morgan fingerprint density at radius 3 is 2.50 bits per heavy atom. The van der Waals surface area contributed by atoms with E-state index in [-0.39, 0.29) is 19.1 Å². The number of aliphatic carboxylic acids is 1. The lowest BCUT2D eigenvalue weighted by Crippen LogP contribution is -2.54. The maximum Gasteiger partial charge on any atom is 0.321 e. The molecule has 0 spiro atoms. The summed E-state index contributed by atoms with van der Waals surface area (Å²) in [5.41, 5.74) is 0.715. The van der Waals surface area contributed by atoms with Gasteiger partial charge >= 0.3 is 12.0 Å². The summed E-state index contributed by atoms with van der Waals surface area (Å²) >= 11 is 0. The Kier molecular flexibility index (Phi) is 3.02. The van der Waals surface area contributed by atoms with Crippen LogP contribution in [0.25, 0.3) is 10.8 Å². The molecule has 5 heteroatoms. The van der Waals surface area contributed by atoms with Crippen LogP contribution in [0.15, 0.2) is 42.5 Å². The lowest BCUT2D eigenvalue weighted by molar-refractivity contribution is -0.145. The number of amides is 2. The molecule has 0 saturated carbocycles. The minimum absolute atomic E-state index is 0.252. The second-order valence-electron chi connectivity index (χ2n) is 4.93. The quantitative estimate of drug-likeness (QED) is 0.880. The topological polar surface area (TPSA) is 69.6 Å². The minimum Gasteiger partial charge on any atom is -0.481 e. The number of carboxylic acid groups (broad SMARTS) is 1. The number of hydrogen-bond acceptors (Lipinski definition) is 2. The molecule has 2 aromatic carbocycles. The number of urea groups is 1. The van der Waals surface area contributed by atoms with Crippen molar-refractivity contribution in [2.45, 2.75) is 0 Å². The predicted molar refractivity (Wildman–Crippen MR) is 75.7 cm³/mol. The van der Waals surface area contributed by atoms with E-state index in [1.54, 1.807) is 0 Å². The third-order valence-electron chi connectivity index (χ3n) is 3.52. The van der Waals surface area contributed by atoms with E-state index in [4.69, 9.17) is 5.11 Å². The average Bonchev–Trinajstić information content (AvgIpc) is 2.36. The van der Waals surface area contributed by atoms with Crippen molar-refractivity contribution >= 4 is 28.5 Å². The number of hydrogen-bond donors (Lipinski definition) is 2. The second-order valence-corrected chi connectivity index (χ2v) is 4.93. The first-order valence-electron chi connectivity index (χ1n) is 6.41. The van der Waals surface area contributed by atoms with E-state index in [1.807, 2.05) is 42.5 Å². The number of carboxylic acids is 1. The van der Waals surface area contributed by atoms with E-state index < -0.39 is 11.9 Å². The van der Waals surface area contributed by atoms with Gasteiger partial charge in [-0.25, -0.2) is 4.79 Å². The number of fused-ring (bicyclic) bond motifs is 1. The molecule has 0 radical (unpaired) electrons. The van der Waals surface area contributed by atoms with E-state index >= 15 is 0 Å². The van der Waals surface area contributed by atoms with Crippen molar-refractivity contribution in [3.8, 4) is 0 Å². The molecule has 1 saturated heterocycles. The molecule has 0 aromatic heterocycles. The van der Waals surface area contributed by atoms with Crippen molar-refractivity contribution in [2.24, 2.45) is 5.92 Å². The van der Waals surface area contributed by atoms with Gasteiger partial charge in [0.1, 0.15) is 0 Å². The summed E-state index contributed by atoms with van der Waals surface area (Å²) in [6.07, 6.45) is 0. The van der Waals surface area contributed by atoms with E-state index in [2.05, 4.69) is 5.32 Å². The maximum atomic E-state index is 11.9. The first-order chi connectivity index (χ1) is 9.63. The summed E-state index contributed by atoms with van der Waals surface area (Å²) in [5, 5.41) is 13.7. The van der Waals surface area contributed by atoms with Gasteiger partial charge in [0.15, 0.2) is 0 Å². The van der Waals surface area contributed by atoms with Gasteiger partial charge in [-0.1, -0.05) is 30.3 Å². The van der Waals surface area contributed by atoms with Crippen LogP contribution in [-0.4, -0.2) is 35.1 Å². The van der Waals surface area contributed by atoms with Crippen LogP contribution < -0.4 is 5.32 Å². The fourth-order valence-electron chi connectivity index (χ4n) is 2.27. The zero-order valence-electron chi connectivity index (χ0n) is 10.7. The van der Waals surface area contributed by atoms with Crippen LogP contribution in [0.4, 0.5) is 10.5 Å². The van der Waals surface area contributed by atoms with Crippen LogP contribution in [0, 0.1) is 5.92 Å². The van der Waals surface area contributed by atoms with Gasteiger partial charge in [-0.05, 0) is 22.9 Å². The summed E-state index contributed by atoms with van der Waals surface area (Å²) in [7, 11) is 0. The summed E-state index contributed by atoms with van der Waals surface area (Å²) in [4.78, 5) is 24.1. The molecule has 0 aliphatic carbocycles. The van der Waals surface area contributed by atoms with Crippen LogP contribution in [-0.2, 0) is 4.79 Å². The SMILES string of the molecule is O=C(O)C1CN(C(=O)Nc2ccc3ccccc3c2)C1. The molecule has 2 N–H and O–H groups in total. The average molecular weight is 270 g/mol. The zero-order valence-corrected chi connectivity index (χ0v) is 10.7. The van der Waals surface area contributed by atoms with Crippen LogP contribution >= 0.6 is 0 Å². The minimum atomic E-state index is -0.847. The molecule has 0 unspecified atom stereocenters. The number of likely N-dealkylation sites (tertiary alicyclic amines) is 1. The lowest BCUT2D eigenvalue weighted by atomic mass is 10.0. The van der Waals surface area contributed by atoms with Gasteiger partial charge in [0.2, 0.25) is 0 Å². The fraction of sp³-hybridized carbons (Fsp3) is 0.200. The number of rotatable bonds is 2. The molecule has 1 aliphatic rings. The fourth-order valence-corrected chi connectivity index (χ4v) is 2.27. The molecular formula is C15H14N2O3. The van der Waals surface area contributed by atoms with Gasteiger partial charge in [0.05, 0.1) is 5.92 Å². The zero-order chi connectivity index (χ0) is 14.1. The lowest BCUT2D eigenvalue weighted by Gasteiger charge is -2.36. The Labute approximate surface area is 115 Å². The maximum absolute atomic E-state index is 11.9. The molecule has 5 nitrogen and oxygen atoms in total. The third-order valence-corrected chi connectivity index (χ3v) is 3.52. The summed E-state index contributed by atoms with van der Waals surface area (Å²) in [5.74, 6) is -1.28. The van der Waals surface area contributed by atoms with Crippen molar-refractivity contribution in [3.63, 3.8) is 0 Å². The summed E-state index contributed by atoms with van der Waals surface area (Å²) in [6.45, 7) is 0.545. The first-order valence-corrected chi connectivity index (χ1v) is 6.41. The van der Waals surface area contributed by atoms with Crippen LogP contribution in [0.2, 0.25) is 0 Å². The van der Waals surface area contributed by atoms with Crippen LogP contribution in [0.3, 0.4) is 0 Å². The monoisotopic (exact) mass is 270 g/mol. The Balaban J connectivity index is 1.67. The normalized spacial score (nSPS) is 14.9. The van der Waals surface area contributed by atoms with Crippen molar-refractivity contribution in [2.75, 3.05) is 18.4 Å². The van der Waals surface area contributed by atoms with E-state index in [0.29, 0.717) is 5.69 Å². The van der Waals surface area contributed by atoms with E-state index in [9.17, 15) is 9.59 Å². The number of nitrogens with zero attached hydrogens (tertiary/aromatic N) is 1. The molecule has 2 aromatic rings. The van der Waals surface area contributed by atoms with Crippen molar-refractivity contribution in [3.05, 3.63) is 42.5 Å². The Morgan fingerprint density at radius 2 is 1.80 bits per heavy atom. The molecule has 1 fully saturated rings. The highest BCUT2D eigenvalue weighted by molar-refractivity contribution is 5.94. The van der Waals surface area contributed by atoms with Crippen LogP contribution in [0.5, 0.6) is 0 Å². The number of anilines is 1. The van der Waals surface area contributed by atoms with Crippen molar-refractivity contribution < 1.29 is 14.7 Å². The number of nitrogens with one attached hydrogen (secondary N) is 1. The van der Waals surface area contributed by atoms with Gasteiger partial charge in [-0.15, -0.1) is 0 Å². The van der Waals surface area contributed by atoms with Gasteiger partial charge < -0.3 is 15.3 Å². The third kappa shape index (κ3) is 2.30. The Hall–Kier alpha value is -2.56. The molecule has 0 bridgehead atoms. The molecule has 2 amide bonds. The highest BCUT2D eigenvalue weighted by Gasteiger charge is 2.35. The largest absolute Gasteiger partial charge is 0.481 e. The van der Waals surface area contributed by atoms with Gasteiger partial charge in [-0.3, -0.25) is 4.79 Å². The highest BCUT2D eigenvalue weighted by atomic mass is 16.4. The standard InChI is InChI=1S/C15H14N2O3/c18-14(19)12-8-17(9-12)15(20)16-13-6-5-10-3-1-2-4-11(10)7-13/h1-7,12H,8-9H2,(H,16,20)(H,18,19).